The Labute approximate surface area is 149 Å². The van der Waals surface area contributed by atoms with Crippen molar-refractivity contribution in [3.63, 3.8) is 0 Å². The van der Waals surface area contributed by atoms with Crippen LogP contribution in [0.3, 0.4) is 0 Å². The third kappa shape index (κ3) is 3.89. The highest BCUT2D eigenvalue weighted by Gasteiger charge is 2.26. The molecule has 0 aliphatic carbocycles. The molecule has 0 saturated carbocycles. The lowest BCUT2D eigenvalue weighted by Crippen LogP contribution is -2.45. The van der Waals surface area contributed by atoms with Gasteiger partial charge in [-0.1, -0.05) is 12.1 Å². The van der Waals surface area contributed by atoms with Crippen molar-refractivity contribution in [3.05, 3.63) is 53.6 Å². The largest absolute Gasteiger partial charge is 0.497 e. The van der Waals surface area contributed by atoms with E-state index in [4.69, 9.17) is 14.2 Å². The number of benzene rings is 2. The van der Waals surface area contributed by atoms with Crippen molar-refractivity contribution in [2.75, 3.05) is 47.5 Å². The van der Waals surface area contributed by atoms with Gasteiger partial charge in [-0.05, 0) is 29.8 Å². The van der Waals surface area contributed by atoms with E-state index in [-0.39, 0.29) is 6.04 Å². The maximum absolute atomic E-state index is 5.68. The first-order valence-corrected chi connectivity index (χ1v) is 8.57. The monoisotopic (exact) mass is 342 g/mol. The van der Waals surface area contributed by atoms with Crippen molar-refractivity contribution in [2.45, 2.75) is 6.04 Å². The van der Waals surface area contributed by atoms with Crippen LogP contribution in [-0.4, -0.2) is 52.4 Å². The second-order valence-electron chi connectivity index (χ2n) is 6.07. The van der Waals surface area contributed by atoms with E-state index in [1.165, 1.54) is 5.56 Å². The van der Waals surface area contributed by atoms with Gasteiger partial charge in [0.15, 0.2) is 0 Å². The Kier molecular flexibility index (Phi) is 5.79. The van der Waals surface area contributed by atoms with E-state index in [0.717, 1.165) is 49.0 Å². The Morgan fingerprint density at radius 1 is 0.840 bits per heavy atom. The lowest BCUT2D eigenvalue weighted by atomic mass is 9.95. The molecule has 1 N–H and O–H groups in total. The van der Waals surface area contributed by atoms with Gasteiger partial charge in [-0.3, -0.25) is 4.90 Å². The molecule has 1 atom stereocenters. The Balaban J connectivity index is 2.03. The van der Waals surface area contributed by atoms with Crippen LogP contribution in [0.1, 0.15) is 17.2 Å². The van der Waals surface area contributed by atoms with Gasteiger partial charge in [-0.25, -0.2) is 0 Å². The maximum Gasteiger partial charge on any atom is 0.127 e. The molecule has 0 spiro atoms. The van der Waals surface area contributed by atoms with Crippen LogP contribution in [0.2, 0.25) is 0 Å². The number of piperazine rings is 1. The maximum atomic E-state index is 5.68. The summed E-state index contributed by atoms with van der Waals surface area (Å²) in [6, 6.07) is 14.5. The zero-order chi connectivity index (χ0) is 17.6. The zero-order valence-corrected chi connectivity index (χ0v) is 15.1. The minimum atomic E-state index is 0.133. The zero-order valence-electron chi connectivity index (χ0n) is 15.1. The molecule has 3 rings (SSSR count). The molecule has 1 saturated heterocycles. The molecule has 0 amide bonds. The number of hydrogen-bond donors (Lipinski definition) is 1. The minimum absolute atomic E-state index is 0.133. The summed E-state index contributed by atoms with van der Waals surface area (Å²) in [5.74, 6) is 2.51. The van der Waals surface area contributed by atoms with Gasteiger partial charge in [0.05, 0.1) is 27.4 Å². The van der Waals surface area contributed by atoms with Crippen LogP contribution in [0.15, 0.2) is 42.5 Å². The van der Waals surface area contributed by atoms with E-state index in [1.54, 1.807) is 21.3 Å². The molecule has 0 bridgehead atoms. The van der Waals surface area contributed by atoms with Crippen molar-refractivity contribution in [2.24, 2.45) is 0 Å². The normalized spacial score (nSPS) is 16.3. The molecule has 2 aromatic carbocycles. The molecule has 1 aliphatic rings. The van der Waals surface area contributed by atoms with Crippen molar-refractivity contribution < 1.29 is 14.2 Å². The molecular formula is C20H26N2O3. The molecule has 1 unspecified atom stereocenters. The molecule has 0 radical (unpaired) electrons. The SMILES string of the molecule is COc1ccc(C(c2ccc(OC)cc2OC)N2CCNCC2)cc1. The molecule has 0 aromatic heterocycles. The van der Waals surface area contributed by atoms with Crippen molar-refractivity contribution in [3.8, 4) is 17.2 Å². The van der Waals surface area contributed by atoms with Gasteiger partial charge in [0.1, 0.15) is 17.2 Å². The van der Waals surface area contributed by atoms with Gasteiger partial charge in [-0.15, -0.1) is 0 Å². The Hall–Kier alpha value is -2.24. The first kappa shape index (κ1) is 17.6. The number of nitrogens with one attached hydrogen (secondary N) is 1. The Morgan fingerprint density at radius 3 is 2.08 bits per heavy atom. The van der Waals surface area contributed by atoms with E-state index in [0.29, 0.717) is 0 Å². The molecule has 25 heavy (non-hydrogen) atoms. The van der Waals surface area contributed by atoms with Crippen LogP contribution >= 0.6 is 0 Å². The summed E-state index contributed by atoms with van der Waals surface area (Å²) in [4.78, 5) is 2.49. The lowest BCUT2D eigenvalue weighted by molar-refractivity contribution is 0.195. The van der Waals surface area contributed by atoms with Crippen molar-refractivity contribution in [1.29, 1.82) is 0 Å². The smallest absolute Gasteiger partial charge is 0.127 e. The average Bonchev–Trinajstić information content (AvgIpc) is 2.69. The van der Waals surface area contributed by atoms with Gasteiger partial charge in [-0.2, -0.15) is 0 Å². The second kappa shape index (κ2) is 8.23. The molecular weight excluding hydrogens is 316 g/mol. The number of rotatable bonds is 6. The Bertz CT molecular complexity index is 682. The summed E-state index contributed by atoms with van der Waals surface area (Å²) in [5, 5.41) is 3.42. The van der Waals surface area contributed by atoms with Crippen LogP contribution in [0, 0.1) is 0 Å². The third-order valence-corrected chi connectivity index (χ3v) is 4.68. The summed E-state index contributed by atoms with van der Waals surface area (Å²) in [6.07, 6.45) is 0. The topological polar surface area (TPSA) is 43.0 Å². The summed E-state index contributed by atoms with van der Waals surface area (Å²) in [5.41, 5.74) is 2.38. The summed E-state index contributed by atoms with van der Waals surface area (Å²) < 4.78 is 16.3. The molecule has 5 nitrogen and oxygen atoms in total. The van der Waals surface area contributed by atoms with E-state index < -0.39 is 0 Å². The van der Waals surface area contributed by atoms with Crippen LogP contribution < -0.4 is 19.5 Å². The summed E-state index contributed by atoms with van der Waals surface area (Å²) in [6.45, 7) is 3.97. The minimum Gasteiger partial charge on any atom is -0.497 e. The van der Waals surface area contributed by atoms with Crippen LogP contribution in [0.4, 0.5) is 0 Å². The molecule has 134 valence electrons. The van der Waals surface area contributed by atoms with Gasteiger partial charge >= 0.3 is 0 Å². The van der Waals surface area contributed by atoms with Crippen LogP contribution in [-0.2, 0) is 0 Å². The van der Waals surface area contributed by atoms with Crippen LogP contribution in [0.5, 0.6) is 17.2 Å². The Morgan fingerprint density at radius 2 is 1.48 bits per heavy atom. The lowest BCUT2D eigenvalue weighted by Gasteiger charge is -2.36. The van der Waals surface area contributed by atoms with Gasteiger partial charge in [0, 0.05) is 37.8 Å². The summed E-state index contributed by atoms with van der Waals surface area (Å²) in [7, 11) is 5.07. The highest BCUT2D eigenvalue weighted by atomic mass is 16.5. The number of nitrogens with zero attached hydrogens (tertiary/aromatic N) is 1. The molecule has 5 heteroatoms. The number of hydrogen-bond acceptors (Lipinski definition) is 5. The van der Waals surface area contributed by atoms with E-state index in [2.05, 4.69) is 28.4 Å². The predicted octanol–water partition coefficient (Wildman–Crippen LogP) is 2.71. The second-order valence-corrected chi connectivity index (χ2v) is 6.07. The highest BCUT2D eigenvalue weighted by Crippen LogP contribution is 2.37. The molecule has 2 aromatic rings. The van der Waals surface area contributed by atoms with Gasteiger partial charge in [0.25, 0.3) is 0 Å². The fourth-order valence-corrected chi connectivity index (χ4v) is 3.36. The fraction of sp³-hybridized carbons (Fsp3) is 0.400. The molecule has 1 aliphatic heterocycles. The average molecular weight is 342 g/mol. The quantitative estimate of drug-likeness (QED) is 0.874. The summed E-state index contributed by atoms with van der Waals surface area (Å²) >= 11 is 0. The first-order valence-electron chi connectivity index (χ1n) is 8.57. The predicted molar refractivity (Wildman–Crippen MR) is 98.8 cm³/mol. The van der Waals surface area contributed by atoms with Crippen molar-refractivity contribution >= 4 is 0 Å². The first-order chi connectivity index (χ1) is 12.3. The van der Waals surface area contributed by atoms with E-state index in [9.17, 15) is 0 Å². The van der Waals surface area contributed by atoms with Crippen molar-refractivity contribution in [1.82, 2.24) is 10.2 Å². The molecule has 1 fully saturated rings. The third-order valence-electron chi connectivity index (χ3n) is 4.68. The van der Waals surface area contributed by atoms with E-state index in [1.807, 2.05) is 24.3 Å². The molecule has 1 heterocycles. The fourth-order valence-electron chi connectivity index (χ4n) is 3.36. The van der Waals surface area contributed by atoms with Gasteiger partial charge in [0.2, 0.25) is 0 Å². The number of ether oxygens (including phenoxy) is 3. The standard InChI is InChI=1S/C20H26N2O3/c1-23-16-6-4-15(5-7-16)20(22-12-10-21-11-13-22)18-9-8-17(24-2)14-19(18)25-3/h4-9,14,20-21H,10-13H2,1-3H3. The van der Waals surface area contributed by atoms with E-state index >= 15 is 0 Å². The highest BCUT2D eigenvalue weighted by molar-refractivity contribution is 5.47. The van der Waals surface area contributed by atoms with Crippen LogP contribution in [0.25, 0.3) is 0 Å². The number of methoxy groups -OCH3 is 3. The van der Waals surface area contributed by atoms with Gasteiger partial charge < -0.3 is 19.5 Å².